The van der Waals surface area contributed by atoms with Crippen molar-refractivity contribution in [1.29, 1.82) is 0 Å². The summed E-state index contributed by atoms with van der Waals surface area (Å²) >= 11 is 0. The van der Waals surface area contributed by atoms with Crippen LogP contribution in [0.25, 0.3) is 0 Å². The molecule has 2 rings (SSSR count). The average Bonchev–Trinajstić information content (AvgIpc) is 2.94. The van der Waals surface area contributed by atoms with E-state index in [1.807, 2.05) is 11.7 Å². The van der Waals surface area contributed by atoms with Gasteiger partial charge < -0.3 is 5.32 Å². The standard InChI is InChI=1S/C11H19N3/c1-3-4-7-12-11-8-10(9-5-6-9)13-14(11)2/h8-9,12H,3-7H2,1-2H3. The molecular formula is C11H19N3. The molecule has 0 amide bonds. The highest BCUT2D eigenvalue weighted by Gasteiger charge is 2.26. The Morgan fingerprint density at radius 1 is 1.57 bits per heavy atom. The van der Waals surface area contributed by atoms with Gasteiger partial charge in [-0.2, -0.15) is 5.10 Å². The molecule has 1 aliphatic rings. The first-order valence-electron chi connectivity index (χ1n) is 5.59. The van der Waals surface area contributed by atoms with Crippen molar-refractivity contribution >= 4 is 5.82 Å². The van der Waals surface area contributed by atoms with Gasteiger partial charge >= 0.3 is 0 Å². The van der Waals surface area contributed by atoms with Gasteiger partial charge in [0.25, 0.3) is 0 Å². The number of aromatic nitrogens is 2. The van der Waals surface area contributed by atoms with E-state index in [9.17, 15) is 0 Å². The molecule has 1 heterocycles. The third kappa shape index (κ3) is 2.08. The molecule has 0 saturated heterocycles. The Balaban J connectivity index is 1.94. The van der Waals surface area contributed by atoms with Crippen LogP contribution in [0.15, 0.2) is 6.07 Å². The second kappa shape index (κ2) is 4.03. The molecule has 1 aliphatic carbocycles. The van der Waals surface area contributed by atoms with Gasteiger partial charge in [-0.15, -0.1) is 0 Å². The van der Waals surface area contributed by atoms with Gasteiger partial charge in [0.05, 0.1) is 5.69 Å². The fraction of sp³-hybridized carbons (Fsp3) is 0.727. The molecule has 0 radical (unpaired) electrons. The number of nitrogens with one attached hydrogen (secondary N) is 1. The van der Waals surface area contributed by atoms with Crippen molar-refractivity contribution in [2.45, 2.75) is 38.5 Å². The lowest BCUT2D eigenvalue weighted by Gasteiger charge is -2.03. The van der Waals surface area contributed by atoms with E-state index >= 15 is 0 Å². The summed E-state index contributed by atoms with van der Waals surface area (Å²) in [6.07, 6.45) is 5.11. The highest BCUT2D eigenvalue weighted by Crippen LogP contribution is 2.39. The Morgan fingerprint density at radius 2 is 2.36 bits per heavy atom. The molecule has 78 valence electrons. The SMILES string of the molecule is CCCCNc1cc(C2CC2)nn1C. The van der Waals surface area contributed by atoms with Crippen molar-refractivity contribution in [3.05, 3.63) is 11.8 Å². The van der Waals surface area contributed by atoms with Crippen LogP contribution < -0.4 is 5.32 Å². The van der Waals surface area contributed by atoms with Crippen molar-refractivity contribution in [2.24, 2.45) is 7.05 Å². The van der Waals surface area contributed by atoms with Gasteiger partial charge in [-0.1, -0.05) is 13.3 Å². The predicted octanol–water partition coefficient (Wildman–Crippen LogP) is 2.51. The first-order chi connectivity index (χ1) is 6.81. The zero-order chi connectivity index (χ0) is 9.97. The normalized spacial score (nSPS) is 15.9. The summed E-state index contributed by atoms with van der Waals surface area (Å²) in [6.45, 7) is 3.26. The van der Waals surface area contributed by atoms with Crippen LogP contribution in [0, 0.1) is 0 Å². The van der Waals surface area contributed by atoms with Gasteiger partial charge in [-0.3, -0.25) is 4.68 Å². The fourth-order valence-corrected chi connectivity index (χ4v) is 1.63. The first kappa shape index (κ1) is 9.56. The van der Waals surface area contributed by atoms with Crippen molar-refractivity contribution < 1.29 is 0 Å². The molecule has 0 aromatic carbocycles. The molecule has 1 N–H and O–H groups in total. The Hall–Kier alpha value is -0.990. The third-order valence-electron chi connectivity index (χ3n) is 2.73. The van der Waals surface area contributed by atoms with Gasteiger partial charge in [0.2, 0.25) is 0 Å². The summed E-state index contributed by atoms with van der Waals surface area (Å²) in [7, 11) is 2.01. The van der Waals surface area contributed by atoms with Gasteiger partial charge in [-0.25, -0.2) is 0 Å². The quantitative estimate of drug-likeness (QED) is 0.728. The van der Waals surface area contributed by atoms with Crippen LogP contribution in [-0.2, 0) is 7.05 Å². The summed E-state index contributed by atoms with van der Waals surface area (Å²) in [6, 6.07) is 2.20. The summed E-state index contributed by atoms with van der Waals surface area (Å²) < 4.78 is 1.96. The largest absolute Gasteiger partial charge is 0.370 e. The fourth-order valence-electron chi connectivity index (χ4n) is 1.63. The zero-order valence-electron chi connectivity index (χ0n) is 9.08. The Kier molecular flexibility index (Phi) is 2.75. The summed E-state index contributed by atoms with van der Waals surface area (Å²) in [5.41, 5.74) is 1.27. The summed E-state index contributed by atoms with van der Waals surface area (Å²) in [5, 5.41) is 7.92. The molecule has 1 fully saturated rings. The van der Waals surface area contributed by atoms with Crippen LogP contribution in [-0.4, -0.2) is 16.3 Å². The monoisotopic (exact) mass is 193 g/mol. The lowest BCUT2D eigenvalue weighted by atomic mass is 10.3. The van der Waals surface area contributed by atoms with E-state index in [0.717, 1.165) is 12.5 Å². The summed E-state index contributed by atoms with van der Waals surface area (Å²) in [5.74, 6) is 1.92. The van der Waals surface area contributed by atoms with E-state index in [4.69, 9.17) is 0 Å². The van der Waals surface area contributed by atoms with Crippen LogP contribution in [0.3, 0.4) is 0 Å². The van der Waals surface area contributed by atoms with Gasteiger partial charge in [-0.05, 0) is 19.3 Å². The molecule has 0 atom stereocenters. The Bertz CT molecular complexity index is 299. The van der Waals surface area contributed by atoms with Gasteiger partial charge in [0, 0.05) is 25.6 Å². The molecule has 1 saturated carbocycles. The van der Waals surface area contributed by atoms with Crippen LogP contribution in [0.1, 0.15) is 44.2 Å². The maximum atomic E-state index is 4.51. The number of hydrogen-bond acceptors (Lipinski definition) is 2. The van der Waals surface area contributed by atoms with Gasteiger partial charge in [0.15, 0.2) is 0 Å². The van der Waals surface area contributed by atoms with Crippen molar-refractivity contribution in [2.75, 3.05) is 11.9 Å². The predicted molar refractivity (Wildman–Crippen MR) is 58.6 cm³/mol. The molecule has 0 unspecified atom stereocenters. The molecule has 0 aliphatic heterocycles. The van der Waals surface area contributed by atoms with Crippen LogP contribution >= 0.6 is 0 Å². The molecule has 0 spiro atoms. The lowest BCUT2D eigenvalue weighted by molar-refractivity contribution is 0.738. The second-order valence-corrected chi connectivity index (χ2v) is 4.13. The Labute approximate surface area is 85.5 Å². The van der Waals surface area contributed by atoms with Crippen molar-refractivity contribution in [1.82, 2.24) is 9.78 Å². The van der Waals surface area contributed by atoms with E-state index in [0.29, 0.717) is 0 Å². The van der Waals surface area contributed by atoms with Crippen molar-refractivity contribution in [3.63, 3.8) is 0 Å². The molecule has 1 aromatic rings. The van der Waals surface area contributed by atoms with E-state index in [1.54, 1.807) is 0 Å². The molecule has 14 heavy (non-hydrogen) atoms. The number of hydrogen-bond donors (Lipinski definition) is 1. The van der Waals surface area contributed by atoms with E-state index in [2.05, 4.69) is 23.4 Å². The maximum absolute atomic E-state index is 4.51. The minimum Gasteiger partial charge on any atom is -0.370 e. The van der Waals surface area contributed by atoms with Gasteiger partial charge in [0.1, 0.15) is 5.82 Å². The highest BCUT2D eigenvalue weighted by molar-refractivity contribution is 5.38. The minimum absolute atomic E-state index is 0.753. The smallest absolute Gasteiger partial charge is 0.124 e. The summed E-state index contributed by atoms with van der Waals surface area (Å²) in [4.78, 5) is 0. The van der Waals surface area contributed by atoms with E-state index in [-0.39, 0.29) is 0 Å². The topological polar surface area (TPSA) is 29.9 Å². The Morgan fingerprint density at radius 3 is 3.00 bits per heavy atom. The maximum Gasteiger partial charge on any atom is 0.124 e. The lowest BCUT2D eigenvalue weighted by Crippen LogP contribution is -2.05. The second-order valence-electron chi connectivity index (χ2n) is 4.13. The number of anilines is 1. The van der Waals surface area contributed by atoms with Crippen LogP contribution in [0.2, 0.25) is 0 Å². The number of unbranched alkanes of at least 4 members (excludes halogenated alkanes) is 1. The van der Waals surface area contributed by atoms with Crippen LogP contribution in [0.4, 0.5) is 5.82 Å². The first-order valence-corrected chi connectivity index (χ1v) is 5.59. The van der Waals surface area contributed by atoms with Crippen molar-refractivity contribution in [3.8, 4) is 0 Å². The minimum atomic E-state index is 0.753. The zero-order valence-corrected chi connectivity index (χ0v) is 9.08. The number of aryl methyl sites for hydroxylation is 1. The molecular weight excluding hydrogens is 174 g/mol. The highest BCUT2D eigenvalue weighted by atomic mass is 15.3. The number of rotatable bonds is 5. The third-order valence-corrected chi connectivity index (χ3v) is 2.73. The van der Waals surface area contributed by atoms with Crippen LogP contribution in [0.5, 0.6) is 0 Å². The number of nitrogens with zero attached hydrogens (tertiary/aromatic N) is 2. The molecule has 0 bridgehead atoms. The molecule has 3 nitrogen and oxygen atoms in total. The molecule has 1 aromatic heterocycles. The van der Waals surface area contributed by atoms with E-state index in [1.165, 1.54) is 37.2 Å². The molecule has 3 heteroatoms. The average molecular weight is 193 g/mol. The van der Waals surface area contributed by atoms with E-state index < -0.39 is 0 Å².